The molecule has 2 heterocycles. The SMILES string of the molecule is CC(C)C(C)(CN)Nc1nc2c([nH]1)c(=O)n(C)c(=O)n2C. The van der Waals surface area contributed by atoms with Crippen molar-refractivity contribution in [1.82, 2.24) is 19.1 Å². The Kier molecular flexibility index (Phi) is 3.66. The first-order chi connectivity index (χ1) is 9.71. The summed E-state index contributed by atoms with van der Waals surface area (Å²) in [6.07, 6.45) is 0. The van der Waals surface area contributed by atoms with Crippen LogP contribution in [0.3, 0.4) is 0 Å². The van der Waals surface area contributed by atoms with Crippen LogP contribution in [0, 0.1) is 5.92 Å². The van der Waals surface area contributed by atoms with Gasteiger partial charge in [0, 0.05) is 20.6 Å². The van der Waals surface area contributed by atoms with Gasteiger partial charge in [-0.3, -0.25) is 13.9 Å². The maximum absolute atomic E-state index is 12.1. The number of nitrogens with zero attached hydrogens (tertiary/aromatic N) is 3. The first kappa shape index (κ1) is 15.3. The van der Waals surface area contributed by atoms with Gasteiger partial charge in [-0.25, -0.2) is 4.79 Å². The lowest BCUT2D eigenvalue weighted by Crippen LogP contribution is -2.47. The van der Waals surface area contributed by atoms with Gasteiger partial charge in [0.1, 0.15) is 0 Å². The van der Waals surface area contributed by atoms with E-state index in [4.69, 9.17) is 5.73 Å². The molecule has 8 heteroatoms. The second kappa shape index (κ2) is 5.03. The molecular formula is C13H22N6O2. The average Bonchev–Trinajstić information content (AvgIpc) is 2.86. The molecule has 21 heavy (non-hydrogen) atoms. The van der Waals surface area contributed by atoms with Crippen molar-refractivity contribution in [2.24, 2.45) is 25.7 Å². The van der Waals surface area contributed by atoms with Gasteiger partial charge in [0.05, 0.1) is 5.54 Å². The van der Waals surface area contributed by atoms with Crippen LogP contribution in [0.5, 0.6) is 0 Å². The maximum atomic E-state index is 12.1. The number of nitrogens with two attached hydrogens (primary N) is 1. The number of aromatic nitrogens is 4. The summed E-state index contributed by atoms with van der Waals surface area (Å²) in [7, 11) is 3.02. The van der Waals surface area contributed by atoms with Crippen molar-refractivity contribution < 1.29 is 0 Å². The fraction of sp³-hybridized carbons (Fsp3) is 0.615. The van der Waals surface area contributed by atoms with Crippen LogP contribution in [0.25, 0.3) is 11.2 Å². The second-order valence-electron chi connectivity index (χ2n) is 5.89. The zero-order valence-electron chi connectivity index (χ0n) is 13.0. The average molecular weight is 294 g/mol. The molecule has 0 saturated carbocycles. The number of fused-ring (bicyclic) bond motifs is 1. The van der Waals surface area contributed by atoms with Crippen LogP contribution in [-0.4, -0.2) is 31.2 Å². The van der Waals surface area contributed by atoms with E-state index in [0.717, 1.165) is 4.57 Å². The Bertz CT molecular complexity index is 784. The van der Waals surface area contributed by atoms with E-state index in [0.29, 0.717) is 23.7 Å². The fourth-order valence-electron chi connectivity index (χ4n) is 2.09. The minimum atomic E-state index is -0.406. The molecule has 0 aliphatic rings. The van der Waals surface area contributed by atoms with Gasteiger partial charge < -0.3 is 16.0 Å². The Balaban J connectivity index is 2.60. The Morgan fingerprint density at radius 1 is 1.33 bits per heavy atom. The topological polar surface area (TPSA) is 111 Å². The molecule has 1 atom stereocenters. The lowest BCUT2D eigenvalue weighted by atomic mass is 9.89. The molecule has 2 aromatic heterocycles. The van der Waals surface area contributed by atoms with Crippen molar-refractivity contribution in [3.8, 4) is 0 Å². The standard InChI is InChI=1S/C13H22N6O2/c1-7(2)13(3,6-14)17-11-15-8-9(16-11)18(4)12(21)19(5)10(8)20/h7H,6,14H2,1-5H3,(H2,15,16,17). The van der Waals surface area contributed by atoms with Gasteiger partial charge in [-0.2, -0.15) is 4.98 Å². The summed E-state index contributed by atoms with van der Waals surface area (Å²) in [5, 5.41) is 3.23. The van der Waals surface area contributed by atoms with E-state index in [1.165, 1.54) is 11.6 Å². The molecule has 0 radical (unpaired) electrons. The number of anilines is 1. The summed E-state index contributed by atoms with van der Waals surface area (Å²) in [5.74, 6) is 0.701. The molecule has 0 bridgehead atoms. The molecule has 0 saturated heterocycles. The van der Waals surface area contributed by atoms with Crippen LogP contribution in [0.1, 0.15) is 20.8 Å². The highest BCUT2D eigenvalue weighted by atomic mass is 16.2. The molecule has 4 N–H and O–H groups in total. The highest BCUT2D eigenvalue weighted by Crippen LogP contribution is 2.21. The lowest BCUT2D eigenvalue weighted by Gasteiger charge is -2.33. The summed E-state index contributed by atoms with van der Waals surface area (Å²) in [4.78, 5) is 31.3. The van der Waals surface area contributed by atoms with E-state index in [2.05, 4.69) is 29.1 Å². The van der Waals surface area contributed by atoms with Crippen LogP contribution in [-0.2, 0) is 14.1 Å². The third-order valence-corrected chi connectivity index (χ3v) is 4.20. The number of rotatable bonds is 4. The highest BCUT2D eigenvalue weighted by Gasteiger charge is 2.28. The van der Waals surface area contributed by atoms with E-state index in [-0.39, 0.29) is 11.5 Å². The molecule has 116 valence electrons. The monoisotopic (exact) mass is 294 g/mol. The van der Waals surface area contributed by atoms with Crippen molar-refractivity contribution in [2.45, 2.75) is 26.3 Å². The lowest BCUT2D eigenvalue weighted by molar-refractivity contribution is 0.380. The second-order valence-corrected chi connectivity index (χ2v) is 5.89. The quantitative estimate of drug-likeness (QED) is 0.720. The zero-order chi connectivity index (χ0) is 15.9. The van der Waals surface area contributed by atoms with E-state index >= 15 is 0 Å². The predicted molar refractivity (Wildman–Crippen MR) is 82.5 cm³/mol. The molecule has 0 aliphatic carbocycles. The van der Waals surface area contributed by atoms with Gasteiger partial charge in [0.2, 0.25) is 5.95 Å². The molecule has 0 aromatic carbocycles. The van der Waals surface area contributed by atoms with Crippen LogP contribution in [0.2, 0.25) is 0 Å². The van der Waals surface area contributed by atoms with Crippen molar-refractivity contribution in [3.63, 3.8) is 0 Å². The molecule has 0 aliphatic heterocycles. The van der Waals surface area contributed by atoms with Crippen LogP contribution in [0.4, 0.5) is 5.95 Å². The molecule has 0 fully saturated rings. The smallest absolute Gasteiger partial charge is 0.332 e. The minimum Gasteiger partial charge on any atom is -0.349 e. The third-order valence-electron chi connectivity index (χ3n) is 4.20. The van der Waals surface area contributed by atoms with E-state index < -0.39 is 11.2 Å². The normalized spacial score (nSPS) is 14.6. The molecule has 1 unspecified atom stereocenters. The number of aryl methyl sites for hydroxylation is 1. The number of aromatic amines is 1. The van der Waals surface area contributed by atoms with E-state index in [1.807, 2.05) is 6.92 Å². The van der Waals surface area contributed by atoms with Crippen molar-refractivity contribution in [3.05, 3.63) is 20.8 Å². The summed E-state index contributed by atoms with van der Waals surface area (Å²) in [6, 6.07) is 0. The largest absolute Gasteiger partial charge is 0.349 e. The maximum Gasteiger partial charge on any atom is 0.332 e. The molecule has 0 amide bonds. The summed E-state index contributed by atoms with van der Waals surface area (Å²) < 4.78 is 2.39. The zero-order valence-corrected chi connectivity index (χ0v) is 13.0. The number of hydrogen-bond donors (Lipinski definition) is 3. The fourth-order valence-corrected chi connectivity index (χ4v) is 2.09. The molecule has 0 spiro atoms. The van der Waals surface area contributed by atoms with Gasteiger partial charge in [-0.15, -0.1) is 0 Å². The Morgan fingerprint density at radius 2 is 1.95 bits per heavy atom. The van der Waals surface area contributed by atoms with Crippen LogP contribution < -0.4 is 22.3 Å². The summed E-state index contributed by atoms with van der Waals surface area (Å²) in [5.41, 5.74) is 5.29. The highest BCUT2D eigenvalue weighted by molar-refractivity contribution is 5.72. The van der Waals surface area contributed by atoms with Crippen molar-refractivity contribution >= 4 is 17.1 Å². The molecular weight excluding hydrogens is 272 g/mol. The van der Waals surface area contributed by atoms with Gasteiger partial charge in [0.25, 0.3) is 5.56 Å². The number of imidazole rings is 1. The van der Waals surface area contributed by atoms with Gasteiger partial charge in [-0.1, -0.05) is 13.8 Å². The van der Waals surface area contributed by atoms with E-state index in [9.17, 15) is 9.59 Å². The Hall–Kier alpha value is -2.09. The summed E-state index contributed by atoms with van der Waals surface area (Å²) in [6.45, 7) is 6.51. The van der Waals surface area contributed by atoms with Gasteiger partial charge in [0.15, 0.2) is 11.2 Å². The molecule has 2 aromatic rings. The van der Waals surface area contributed by atoms with Gasteiger partial charge in [-0.05, 0) is 12.8 Å². The Morgan fingerprint density at radius 3 is 2.48 bits per heavy atom. The summed E-state index contributed by atoms with van der Waals surface area (Å²) >= 11 is 0. The van der Waals surface area contributed by atoms with Gasteiger partial charge >= 0.3 is 5.69 Å². The van der Waals surface area contributed by atoms with Crippen LogP contribution in [0.15, 0.2) is 9.59 Å². The van der Waals surface area contributed by atoms with E-state index in [1.54, 1.807) is 7.05 Å². The van der Waals surface area contributed by atoms with Crippen molar-refractivity contribution in [1.29, 1.82) is 0 Å². The minimum absolute atomic E-state index is 0.266. The first-order valence-electron chi connectivity index (χ1n) is 6.85. The third kappa shape index (κ3) is 2.35. The van der Waals surface area contributed by atoms with Crippen molar-refractivity contribution in [2.75, 3.05) is 11.9 Å². The first-order valence-corrected chi connectivity index (χ1v) is 6.85. The molecule has 2 rings (SSSR count). The number of nitrogens with one attached hydrogen (secondary N) is 2. The Labute approximate surface area is 122 Å². The van der Waals surface area contributed by atoms with Crippen LogP contribution >= 0.6 is 0 Å². The number of hydrogen-bond acceptors (Lipinski definition) is 5. The number of H-pyrrole nitrogens is 1. The molecule has 8 nitrogen and oxygen atoms in total. The predicted octanol–water partition coefficient (Wildman–Crippen LogP) is -0.254.